The van der Waals surface area contributed by atoms with E-state index in [0.29, 0.717) is 17.9 Å². The van der Waals surface area contributed by atoms with Crippen LogP contribution in [0, 0.1) is 11.8 Å². The lowest BCUT2D eigenvalue weighted by atomic mass is 9.96. The molecule has 0 radical (unpaired) electrons. The summed E-state index contributed by atoms with van der Waals surface area (Å²) in [6.07, 6.45) is 4.61. The number of fused-ring (bicyclic) bond motifs is 1. The van der Waals surface area contributed by atoms with Crippen molar-refractivity contribution >= 4 is 17.5 Å². The highest BCUT2D eigenvalue weighted by molar-refractivity contribution is 5.89. The van der Waals surface area contributed by atoms with Crippen molar-refractivity contribution in [1.82, 2.24) is 29.4 Å². The van der Waals surface area contributed by atoms with Crippen LogP contribution in [0.3, 0.4) is 0 Å². The Morgan fingerprint density at radius 2 is 1.89 bits per heavy atom. The Bertz CT molecular complexity index is 1200. The summed E-state index contributed by atoms with van der Waals surface area (Å²) in [5, 5.41) is 27.7. The first-order valence-corrected chi connectivity index (χ1v) is 13.1. The van der Waals surface area contributed by atoms with Gasteiger partial charge in [-0.05, 0) is 31.0 Å². The second-order valence-corrected chi connectivity index (χ2v) is 9.50. The van der Waals surface area contributed by atoms with Gasteiger partial charge in [0.2, 0.25) is 11.8 Å². The van der Waals surface area contributed by atoms with Crippen LogP contribution in [0.25, 0.3) is 16.9 Å². The Labute approximate surface area is 218 Å². The Balaban J connectivity index is 0.00000186. The van der Waals surface area contributed by atoms with E-state index in [2.05, 4.69) is 15.4 Å². The Morgan fingerprint density at radius 1 is 1.16 bits per heavy atom. The minimum atomic E-state index is -0.788. The number of nitrogens with one attached hydrogen (secondary N) is 1. The molecule has 10 nitrogen and oxygen atoms in total. The molecule has 2 amide bonds. The zero-order valence-electron chi connectivity index (χ0n) is 22.6. The summed E-state index contributed by atoms with van der Waals surface area (Å²) >= 11 is 0. The largest absolute Gasteiger partial charge is 0.394 e. The number of pyridine rings is 1. The molecule has 10 heteroatoms. The predicted octanol–water partition coefficient (Wildman–Crippen LogP) is 2.65. The number of rotatable bonds is 8. The van der Waals surface area contributed by atoms with E-state index < -0.39 is 24.1 Å². The van der Waals surface area contributed by atoms with E-state index >= 15 is 0 Å². The molecule has 0 saturated carbocycles. The SMILES string of the molecule is CC.CCn1nccc1-c1ccc(C(CO)NC(=O)C2CC(O)CN2C(=O)C(C)C(C)C)n2ccnc12. The third-order valence-corrected chi connectivity index (χ3v) is 6.98. The highest BCUT2D eigenvalue weighted by Crippen LogP contribution is 2.28. The van der Waals surface area contributed by atoms with Crippen molar-refractivity contribution in [2.24, 2.45) is 11.8 Å². The molecule has 4 rings (SSSR count). The number of aliphatic hydroxyl groups excluding tert-OH is 2. The van der Waals surface area contributed by atoms with Crippen LogP contribution in [0.1, 0.15) is 59.7 Å². The van der Waals surface area contributed by atoms with Gasteiger partial charge in [0, 0.05) is 55.3 Å². The van der Waals surface area contributed by atoms with E-state index in [1.54, 1.807) is 18.6 Å². The highest BCUT2D eigenvalue weighted by atomic mass is 16.3. The lowest BCUT2D eigenvalue weighted by molar-refractivity contribution is -0.142. The molecule has 0 aliphatic carbocycles. The fourth-order valence-corrected chi connectivity index (χ4v) is 4.67. The van der Waals surface area contributed by atoms with Crippen molar-refractivity contribution in [2.75, 3.05) is 13.2 Å². The van der Waals surface area contributed by atoms with Gasteiger partial charge < -0.3 is 24.8 Å². The van der Waals surface area contributed by atoms with Gasteiger partial charge in [0.05, 0.1) is 24.4 Å². The van der Waals surface area contributed by atoms with Gasteiger partial charge in [-0.25, -0.2) is 4.98 Å². The first kappa shape index (κ1) is 28.3. The van der Waals surface area contributed by atoms with Crippen molar-refractivity contribution in [3.63, 3.8) is 0 Å². The molecule has 0 aromatic carbocycles. The van der Waals surface area contributed by atoms with Crippen LogP contribution in [0.2, 0.25) is 0 Å². The monoisotopic (exact) mass is 512 g/mol. The van der Waals surface area contributed by atoms with Crippen molar-refractivity contribution in [1.29, 1.82) is 0 Å². The summed E-state index contributed by atoms with van der Waals surface area (Å²) < 4.78 is 3.72. The van der Waals surface area contributed by atoms with Crippen LogP contribution in [0.4, 0.5) is 0 Å². The Kier molecular flexibility index (Phi) is 9.45. The zero-order valence-corrected chi connectivity index (χ0v) is 22.6. The Hall–Kier alpha value is -3.24. The molecular weight excluding hydrogens is 472 g/mol. The average molecular weight is 513 g/mol. The van der Waals surface area contributed by atoms with Crippen LogP contribution in [-0.4, -0.2) is 71.4 Å². The van der Waals surface area contributed by atoms with Gasteiger partial charge >= 0.3 is 0 Å². The maximum absolute atomic E-state index is 13.3. The van der Waals surface area contributed by atoms with Crippen LogP contribution in [0.15, 0.2) is 36.8 Å². The second-order valence-electron chi connectivity index (χ2n) is 9.50. The third-order valence-electron chi connectivity index (χ3n) is 6.98. The number of nitrogens with zero attached hydrogens (tertiary/aromatic N) is 5. The number of likely N-dealkylation sites (tertiary alicyclic amines) is 1. The van der Waals surface area contributed by atoms with Crippen molar-refractivity contribution < 1.29 is 19.8 Å². The number of carbonyl (C=O) groups excluding carboxylic acids is 2. The van der Waals surface area contributed by atoms with Crippen molar-refractivity contribution in [2.45, 2.75) is 72.7 Å². The Morgan fingerprint density at radius 3 is 2.54 bits per heavy atom. The van der Waals surface area contributed by atoms with Gasteiger partial charge in [-0.3, -0.25) is 14.3 Å². The summed E-state index contributed by atoms with van der Waals surface area (Å²) in [5.74, 6) is -0.692. The van der Waals surface area contributed by atoms with E-state index in [1.165, 1.54) is 4.90 Å². The topological polar surface area (TPSA) is 125 Å². The van der Waals surface area contributed by atoms with E-state index in [9.17, 15) is 19.8 Å². The number of amides is 2. The van der Waals surface area contributed by atoms with Gasteiger partial charge in [-0.2, -0.15) is 5.10 Å². The molecule has 0 spiro atoms. The highest BCUT2D eigenvalue weighted by Gasteiger charge is 2.41. The van der Waals surface area contributed by atoms with E-state index in [4.69, 9.17) is 0 Å². The molecule has 3 aromatic heterocycles. The normalized spacial score (nSPS) is 19.0. The maximum Gasteiger partial charge on any atom is 0.243 e. The molecule has 1 aliphatic heterocycles. The number of aryl methyl sites for hydroxylation is 1. The molecule has 4 unspecified atom stereocenters. The standard InChI is InChI=1S/C25H34N6O4.C2H6/c1-5-31-20(8-9-27-31)18-6-7-21(29-11-10-26-23(18)29)19(14-32)28-24(34)22-12-17(33)13-30(22)25(35)16(4)15(2)3;1-2/h6-11,15-17,19,22,32-33H,5,12-14H2,1-4H3,(H,28,34);1-2H3. The zero-order chi connectivity index (χ0) is 27.3. The first-order chi connectivity index (χ1) is 17.8. The second kappa shape index (κ2) is 12.3. The van der Waals surface area contributed by atoms with Gasteiger partial charge in [-0.15, -0.1) is 0 Å². The number of hydrogen-bond donors (Lipinski definition) is 3. The van der Waals surface area contributed by atoms with Crippen LogP contribution in [0.5, 0.6) is 0 Å². The molecule has 4 heterocycles. The molecular formula is C27H40N6O4. The van der Waals surface area contributed by atoms with Gasteiger partial charge in [-0.1, -0.05) is 34.6 Å². The van der Waals surface area contributed by atoms with Crippen molar-refractivity contribution in [3.8, 4) is 11.3 Å². The van der Waals surface area contributed by atoms with E-state index in [-0.39, 0.29) is 37.3 Å². The maximum atomic E-state index is 13.3. The minimum absolute atomic E-state index is 0.117. The molecule has 4 atom stereocenters. The van der Waals surface area contributed by atoms with Gasteiger partial charge in [0.15, 0.2) is 0 Å². The summed E-state index contributed by atoms with van der Waals surface area (Å²) in [6.45, 7) is 12.3. The first-order valence-electron chi connectivity index (χ1n) is 13.1. The molecule has 37 heavy (non-hydrogen) atoms. The molecule has 202 valence electrons. The van der Waals surface area contributed by atoms with Gasteiger partial charge in [0.25, 0.3) is 0 Å². The van der Waals surface area contributed by atoms with Crippen LogP contribution in [-0.2, 0) is 16.1 Å². The summed E-state index contributed by atoms with van der Waals surface area (Å²) in [6, 6.07) is 4.18. The number of carbonyl (C=O) groups is 2. The predicted molar refractivity (Wildman–Crippen MR) is 142 cm³/mol. The fraction of sp³-hybridized carbons (Fsp3) is 0.556. The fourth-order valence-electron chi connectivity index (χ4n) is 4.67. The molecule has 1 fully saturated rings. The number of β-amino-alcohol motifs (C(OH)–C–C–N with tert-alkyl or cyclic N) is 1. The smallest absolute Gasteiger partial charge is 0.243 e. The molecule has 3 N–H and O–H groups in total. The third kappa shape index (κ3) is 5.70. The lowest BCUT2D eigenvalue weighted by Crippen LogP contribution is -2.49. The summed E-state index contributed by atoms with van der Waals surface area (Å²) in [7, 11) is 0. The lowest BCUT2D eigenvalue weighted by Gasteiger charge is -2.29. The quantitative estimate of drug-likeness (QED) is 0.426. The van der Waals surface area contributed by atoms with Crippen LogP contribution < -0.4 is 5.32 Å². The van der Waals surface area contributed by atoms with Crippen molar-refractivity contribution in [3.05, 3.63) is 42.5 Å². The number of aliphatic hydroxyl groups is 2. The average Bonchev–Trinajstić information content (AvgIpc) is 3.66. The van der Waals surface area contributed by atoms with Crippen LogP contribution >= 0.6 is 0 Å². The van der Waals surface area contributed by atoms with Gasteiger partial charge in [0.1, 0.15) is 11.7 Å². The van der Waals surface area contributed by atoms with E-state index in [0.717, 1.165) is 11.3 Å². The molecule has 1 saturated heterocycles. The van der Waals surface area contributed by atoms with E-state index in [1.807, 2.05) is 68.8 Å². The molecule has 0 bridgehead atoms. The summed E-state index contributed by atoms with van der Waals surface area (Å²) in [4.78, 5) is 32.2. The summed E-state index contributed by atoms with van der Waals surface area (Å²) in [5.41, 5.74) is 3.16. The number of aromatic nitrogens is 4. The number of imidazole rings is 1. The molecule has 1 aliphatic rings. The minimum Gasteiger partial charge on any atom is -0.394 e. The molecule has 3 aromatic rings. The number of hydrogen-bond acceptors (Lipinski definition) is 6.